The first kappa shape index (κ1) is 24.3. The molecule has 0 unspecified atom stereocenters. The minimum atomic E-state index is -4.02. The number of esters is 1. The van der Waals surface area contributed by atoms with Gasteiger partial charge < -0.3 is 23.9 Å². The number of hydrogen-bond acceptors (Lipinski definition) is 8. The number of carbonyl (C=O) groups excluding carboxylic acids is 1. The average Bonchev–Trinajstić information content (AvgIpc) is 3.40. The molecule has 2 aliphatic rings. The third-order valence-corrected chi connectivity index (χ3v) is 8.10. The van der Waals surface area contributed by atoms with Gasteiger partial charge in [0, 0.05) is 36.7 Å². The molecule has 0 amide bonds. The van der Waals surface area contributed by atoms with Crippen LogP contribution in [0.2, 0.25) is 0 Å². The fraction of sp³-hybridized carbons (Fsp3) is 0.360. The molecule has 1 N–H and O–H groups in total. The molecule has 11 heteroatoms. The highest BCUT2D eigenvalue weighted by molar-refractivity contribution is 7.89. The van der Waals surface area contributed by atoms with E-state index >= 15 is 0 Å². The Balaban J connectivity index is 1.50. The molecular formula is C25H26N2O8S. The van der Waals surface area contributed by atoms with Crippen LogP contribution >= 0.6 is 0 Å². The van der Waals surface area contributed by atoms with Crippen molar-refractivity contribution in [1.82, 2.24) is 9.29 Å². The van der Waals surface area contributed by atoms with Crippen LogP contribution in [-0.4, -0.2) is 63.3 Å². The summed E-state index contributed by atoms with van der Waals surface area (Å²) >= 11 is 0. The van der Waals surface area contributed by atoms with Gasteiger partial charge in [0.05, 0.1) is 29.2 Å². The van der Waals surface area contributed by atoms with Crippen LogP contribution in [0.25, 0.3) is 10.9 Å². The Bertz CT molecular complexity index is 1440. The molecule has 0 bridgehead atoms. The van der Waals surface area contributed by atoms with Crippen molar-refractivity contribution in [3.05, 3.63) is 63.9 Å². The van der Waals surface area contributed by atoms with Gasteiger partial charge in [0.1, 0.15) is 13.2 Å². The predicted molar refractivity (Wildman–Crippen MR) is 130 cm³/mol. The summed E-state index contributed by atoms with van der Waals surface area (Å²) in [6.07, 6.45) is 1.30. The minimum absolute atomic E-state index is 0.00462. The Morgan fingerprint density at radius 1 is 1.08 bits per heavy atom. The van der Waals surface area contributed by atoms with Gasteiger partial charge in [-0.15, -0.1) is 0 Å². The molecule has 0 aliphatic carbocycles. The van der Waals surface area contributed by atoms with E-state index in [9.17, 15) is 18.0 Å². The highest BCUT2D eigenvalue weighted by Crippen LogP contribution is 2.34. The molecule has 0 saturated carbocycles. The first-order valence-electron chi connectivity index (χ1n) is 11.6. The van der Waals surface area contributed by atoms with Gasteiger partial charge in [-0.1, -0.05) is 0 Å². The molecule has 10 nitrogen and oxygen atoms in total. The number of aromatic amines is 1. The fourth-order valence-corrected chi connectivity index (χ4v) is 5.84. The third kappa shape index (κ3) is 4.81. The van der Waals surface area contributed by atoms with Crippen molar-refractivity contribution in [2.24, 2.45) is 0 Å². The van der Waals surface area contributed by atoms with Crippen LogP contribution < -0.4 is 15.0 Å². The summed E-state index contributed by atoms with van der Waals surface area (Å²) in [5.41, 5.74) is 0.697. The molecule has 3 heterocycles. The van der Waals surface area contributed by atoms with E-state index in [1.165, 1.54) is 35.7 Å². The second-order valence-electron chi connectivity index (χ2n) is 8.66. The maximum atomic E-state index is 13.6. The number of ether oxygens (including phenoxy) is 4. The monoisotopic (exact) mass is 514 g/mol. The van der Waals surface area contributed by atoms with Crippen LogP contribution in [0.4, 0.5) is 0 Å². The van der Waals surface area contributed by atoms with Crippen molar-refractivity contribution < 1.29 is 32.2 Å². The van der Waals surface area contributed by atoms with Crippen molar-refractivity contribution in [2.75, 3.05) is 33.5 Å². The Morgan fingerprint density at radius 2 is 1.81 bits per heavy atom. The number of fused-ring (bicyclic) bond motifs is 2. The summed E-state index contributed by atoms with van der Waals surface area (Å²) < 4.78 is 50.2. The van der Waals surface area contributed by atoms with Crippen molar-refractivity contribution in [3.63, 3.8) is 0 Å². The second-order valence-corrected chi connectivity index (χ2v) is 10.6. The summed E-state index contributed by atoms with van der Waals surface area (Å²) in [7, 11) is -2.76. The van der Waals surface area contributed by atoms with E-state index in [1.807, 2.05) is 0 Å². The summed E-state index contributed by atoms with van der Waals surface area (Å²) in [5, 5.41) is 0.700. The number of nitrogens with one attached hydrogen (secondary N) is 1. The van der Waals surface area contributed by atoms with Crippen LogP contribution in [-0.2, 0) is 26.0 Å². The van der Waals surface area contributed by atoms with Crippen LogP contribution in [0.5, 0.6) is 11.5 Å². The van der Waals surface area contributed by atoms with Gasteiger partial charge in [-0.25, -0.2) is 13.2 Å². The van der Waals surface area contributed by atoms with E-state index in [0.29, 0.717) is 42.2 Å². The Kier molecular flexibility index (Phi) is 6.69. The molecule has 1 fully saturated rings. The van der Waals surface area contributed by atoms with E-state index in [4.69, 9.17) is 14.2 Å². The summed E-state index contributed by atoms with van der Waals surface area (Å²) in [5.74, 6) is 0.561. The summed E-state index contributed by atoms with van der Waals surface area (Å²) in [6.45, 7) is 1.37. The zero-order chi connectivity index (χ0) is 25.3. The lowest BCUT2D eigenvalue weighted by atomic mass is 10.1. The number of carbonyl (C=O) groups is 1. The van der Waals surface area contributed by atoms with E-state index in [2.05, 4.69) is 9.72 Å². The molecule has 0 spiro atoms. The molecule has 36 heavy (non-hydrogen) atoms. The summed E-state index contributed by atoms with van der Waals surface area (Å²) in [6, 6.07) is 10.7. The SMILES string of the molecule is COC(=O)c1ccc(S(=O)(=O)N(Cc2cc3cc4c(cc3[nH]c2=O)OCCO4)C[C@H]2CCCO2)cc1. The lowest BCUT2D eigenvalue weighted by Gasteiger charge is -2.25. The van der Waals surface area contributed by atoms with E-state index in [1.54, 1.807) is 18.2 Å². The lowest BCUT2D eigenvalue weighted by Crippen LogP contribution is -2.38. The molecule has 5 rings (SSSR count). The van der Waals surface area contributed by atoms with E-state index < -0.39 is 21.6 Å². The Labute approximate surface area is 207 Å². The van der Waals surface area contributed by atoms with Gasteiger partial charge in [-0.3, -0.25) is 4.79 Å². The van der Waals surface area contributed by atoms with Gasteiger partial charge >= 0.3 is 5.97 Å². The topological polar surface area (TPSA) is 124 Å². The molecular weight excluding hydrogens is 488 g/mol. The van der Waals surface area contributed by atoms with Crippen molar-refractivity contribution in [3.8, 4) is 11.5 Å². The number of nitrogens with zero attached hydrogens (tertiary/aromatic N) is 1. The van der Waals surface area contributed by atoms with Gasteiger partial charge in [0.2, 0.25) is 10.0 Å². The zero-order valence-corrected chi connectivity index (χ0v) is 20.5. The van der Waals surface area contributed by atoms with Gasteiger partial charge in [0.15, 0.2) is 11.5 Å². The van der Waals surface area contributed by atoms with Crippen molar-refractivity contribution >= 4 is 26.9 Å². The first-order chi connectivity index (χ1) is 17.3. The number of aromatic nitrogens is 1. The molecule has 1 atom stereocenters. The highest BCUT2D eigenvalue weighted by Gasteiger charge is 2.30. The molecule has 1 aromatic heterocycles. The number of sulfonamides is 1. The molecule has 2 aliphatic heterocycles. The number of benzene rings is 2. The first-order valence-corrected chi connectivity index (χ1v) is 13.0. The molecule has 3 aromatic rings. The number of rotatable bonds is 7. The molecule has 1 saturated heterocycles. The number of methoxy groups -OCH3 is 1. The lowest BCUT2D eigenvalue weighted by molar-refractivity contribution is 0.0600. The smallest absolute Gasteiger partial charge is 0.337 e. The third-order valence-electron chi connectivity index (χ3n) is 6.28. The summed E-state index contributed by atoms with van der Waals surface area (Å²) in [4.78, 5) is 27.6. The van der Waals surface area contributed by atoms with Crippen LogP contribution in [0.15, 0.2) is 52.2 Å². The largest absolute Gasteiger partial charge is 0.486 e. The van der Waals surface area contributed by atoms with Crippen molar-refractivity contribution in [1.29, 1.82) is 0 Å². The second kappa shape index (κ2) is 9.92. The molecule has 2 aromatic carbocycles. The Hall–Kier alpha value is -3.41. The van der Waals surface area contributed by atoms with Crippen LogP contribution in [0.3, 0.4) is 0 Å². The van der Waals surface area contributed by atoms with E-state index in [0.717, 1.165) is 12.8 Å². The van der Waals surface area contributed by atoms with Crippen molar-refractivity contribution in [2.45, 2.75) is 30.4 Å². The minimum Gasteiger partial charge on any atom is -0.486 e. The molecule has 0 radical (unpaired) electrons. The standard InChI is InChI=1S/C25H26N2O8S/c1-32-25(29)16-4-6-20(7-5-16)36(30,31)27(15-19-3-2-8-33-19)14-18-11-17-12-22-23(35-10-9-34-22)13-21(17)26-24(18)28/h4-7,11-13,19H,2-3,8-10,14-15H2,1H3,(H,26,28)/t19-/m1/s1. The van der Waals surface area contributed by atoms with Crippen LogP contribution in [0.1, 0.15) is 28.8 Å². The number of pyridine rings is 1. The zero-order valence-electron chi connectivity index (χ0n) is 19.7. The van der Waals surface area contributed by atoms with Gasteiger partial charge in [0.25, 0.3) is 5.56 Å². The maximum Gasteiger partial charge on any atom is 0.337 e. The fourth-order valence-electron chi connectivity index (χ4n) is 4.39. The van der Waals surface area contributed by atoms with E-state index in [-0.39, 0.29) is 35.2 Å². The van der Waals surface area contributed by atoms with Gasteiger partial charge in [-0.05, 0) is 49.2 Å². The predicted octanol–water partition coefficient (Wildman–Crippen LogP) is 2.46. The normalized spacial score (nSPS) is 17.4. The number of hydrogen-bond donors (Lipinski definition) is 1. The Morgan fingerprint density at radius 3 is 2.47 bits per heavy atom. The maximum absolute atomic E-state index is 13.6. The van der Waals surface area contributed by atoms with Crippen LogP contribution in [0, 0.1) is 0 Å². The van der Waals surface area contributed by atoms with Gasteiger partial charge in [-0.2, -0.15) is 4.31 Å². The average molecular weight is 515 g/mol. The quantitative estimate of drug-likeness (QED) is 0.477. The molecule has 190 valence electrons. The highest BCUT2D eigenvalue weighted by atomic mass is 32.2. The number of H-pyrrole nitrogens is 1.